The summed E-state index contributed by atoms with van der Waals surface area (Å²) in [6.45, 7) is 2.81. The molecule has 0 unspecified atom stereocenters. The third kappa shape index (κ3) is 3.96. The zero-order chi connectivity index (χ0) is 14.2. The molecule has 0 spiro atoms. The van der Waals surface area contributed by atoms with Crippen LogP contribution in [0.25, 0.3) is 0 Å². The van der Waals surface area contributed by atoms with Gasteiger partial charge in [0.05, 0.1) is 23.9 Å². The molecule has 0 atom stereocenters. The number of ether oxygens (including phenoxy) is 1. The van der Waals surface area contributed by atoms with Crippen LogP contribution >= 0.6 is 0 Å². The molecule has 2 aromatic rings. The number of benzene rings is 2. The fourth-order valence-corrected chi connectivity index (χ4v) is 1.64. The monoisotopic (exact) mass is 264 g/mol. The van der Waals surface area contributed by atoms with E-state index in [9.17, 15) is 0 Å². The molecule has 0 bridgehead atoms. The maximum Gasteiger partial charge on any atom is 0.119 e. The minimum absolute atomic E-state index is 0.652. The molecule has 3 nitrogen and oxygen atoms in total. The summed E-state index contributed by atoms with van der Waals surface area (Å²) >= 11 is 0. The highest BCUT2D eigenvalue weighted by atomic mass is 16.5. The Hall–Kier alpha value is -2.60. The Labute approximate surface area is 119 Å². The molecule has 0 aliphatic carbocycles. The van der Waals surface area contributed by atoms with Crippen LogP contribution in [0.15, 0.2) is 53.5 Å². The normalized spacial score (nSPS) is 10.4. The van der Waals surface area contributed by atoms with Crippen LogP contribution in [0.3, 0.4) is 0 Å². The highest BCUT2D eigenvalue weighted by Crippen LogP contribution is 2.18. The molecule has 0 saturated carbocycles. The van der Waals surface area contributed by atoms with Gasteiger partial charge in [-0.05, 0) is 48.4 Å². The standard InChI is InChI=1S/C17H16N2O/c1-2-11-20-17-9-7-16(8-10-17)19-13-15-5-3-14(12-18)4-6-15/h3-10,13H,2,11H2,1H3. The maximum atomic E-state index is 8.73. The summed E-state index contributed by atoms with van der Waals surface area (Å²) < 4.78 is 5.52. The lowest BCUT2D eigenvalue weighted by atomic mass is 10.2. The first-order valence-corrected chi connectivity index (χ1v) is 6.59. The van der Waals surface area contributed by atoms with Gasteiger partial charge in [-0.25, -0.2) is 0 Å². The number of rotatable bonds is 5. The second-order valence-corrected chi connectivity index (χ2v) is 4.33. The van der Waals surface area contributed by atoms with Crippen molar-refractivity contribution in [2.75, 3.05) is 6.61 Å². The lowest BCUT2D eigenvalue weighted by Gasteiger charge is -2.03. The van der Waals surface area contributed by atoms with E-state index in [2.05, 4.69) is 18.0 Å². The van der Waals surface area contributed by atoms with Crippen molar-refractivity contribution < 1.29 is 4.74 Å². The Kier molecular flexibility index (Phi) is 4.91. The van der Waals surface area contributed by atoms with Gasteiger partial charge in [0.15, 0.2) is 0 Å². The number of nitriles is 1. The van der Waals surface area contributed by atoms with Crippen LogP contribution in [0.2, 0.25) is 0 Å². The van der Waals surface area contributed by atoms with Gasteiger partial charge in [0.25, 0.3) is 0 Å². The maximum absolute atomic E-state index is 8.73. The zero-order valence-electron chi connectivity index (χ0n) is 11.4. The molecular formula is C17H16N2O. The third-order valence-electron chi connectivity index (χ3n) is 2.71. The predicted molar refractivity (Wildman–Crippen MR) is 80.6 cm³/mol. The average molecular weight is 264 g/mol. The summed E-state index contributed by atoms with van der Waals surface area (Å²) in [5.41, 5.74) is 2.49. The van der Waals surface area contributed by atoms with Gasteiger partial charge < -0.3 is 4.74 Å². The van der Waals surface area contributed by atoms with E-state index in [0.29, 0.717) is 5.56 Å². The van der Waals surface area contributed by atoms with Crippen LogP contribution in [0.1, 0.15) is 24.5 Å². The second-order valence-electron chi connectivity index (χ2n) is 4.33. The Morgan fingerprint density at radius 3 is 2.40 bits per heavy atom. The summed E-state index contributed by atoms with van der Waals surface area (Å²) in [5, 5.41) is 8.73. The number of hydrogen-bond acceptors (Lipinski definition) is 3. The number of nitrogens with zero attached hydrogens (tertiary/aromatic N) is 2. The lowest BCUT2D eigenvalue weighted by Crippen LogP contribution is -1.93. The summed E-state index contributed by atoms with van der Waals surface area (Å²) in [7, 11) is 0. The third-order valence-corrected chi connectivity index (χ3v) is 2.71. The van der Waals surface area contributed by atoms with Gasteiger partial charge in [0.2, 0.25) is 0 Å². The van der Waals surface area contributed by atoms with Crippen LogP contribution in [0.4, 0.5) is 5.69 Å². The summed E-state index contributed by atoms with van der Waals surface area (Å²) in [4.78, 5) is 4.39. The van der Waals surface area contributed by atoms with Crippen molar-refractivity contribution in [2.24, 2.45) is 4.99 Å². The van der Waals surface area contributed by atoms with Gasteiger partial charge in [-0.2, -0.15) is 5.26 Å². The second kappa shape index (κ2) is 7.10. The van der Waals surface area contributed by atoms with Crippen LogP contribution in [-0.4, -0.2) is 12.8 Å². The largest absolute Gasteiger partial charge is 0.494 e. The smallest absolute Gasteiger partial charge is 0.119 e. The van der Waals surface area contributed by atoms with E-state index in [4.69, 9.17) is 10.00 Å². The molecule has 0 heterocycles. The van der Waals surface area contributed by atoms with E-state index < -0.39 is 0 Å². The Balaban J connectivity index is 2.01. The van der Waals surface area contributed by atoms with Crippen molar-refractivity contribution in [1.29, 1.82) is 5.26 Å². The summed E-state index contributed by atoms with van der Waals surface area (Å²) in [6.07, 6.45) is 2.78. The van der Waals surface area contributed by atoms with Gasteiger partial charge in [-0.3, -0.25) is 4.99 Å². The van der Waals surface area contributed by atoms with E-state index in [0.717, 1.165) is 30.0 Å². The summed E-state index contributed by atoms with van der Waals surface area (Å²) in [6, 6.07) is 17.1. The molecule has 0 fully saturated rings. The molecule has 3 heteroatoms. The molecule has 20 heavy (non-hydrogen) atoms. The molecule has 0 aliphatic rings. The minimum Gasteiger partial charge on any atom is -0.494 e. The molecule has 0 N–H and O–H groups in total. The highest BCUT2D eigenvalue weighted by Gasteiger charge is 1.94. The van der Waals surface area contributed by atoms with Gasteiger partial charge in [-0.1, -0.05) is 19.1 Å². The van der Waals surface area contributed by atoms with E-state index in [-0.39, 0.29) is 0 Å². The van der Waals surface area contributed by atoms with E-state index in [1.165, 1.54) is 0 Å². The first-order chi connectivity index (χ1) is 9.81. The fraction of sp³-hybridized carbons (Fsp3) is 0.176. The topological polar surface area (TPSA) is 45.4 Å². The molecule has 100 valence electrons. The molecular weight excluding hydrogens is 248 g/mol. The SMILES string of the molecule is CCCOc1ccc(N=Cc2ccc(C#N)cc2)cc1. The summed E-state index contributed by atoms with van der Waals surface area (Å²) in [5.74, 6) is 0.865. The van der Waals surface area contributed by atoms with Crippen LogP contribution in [0.5, 0.6) is 5.75 Å². The van der Waals surface area contributed by atoms with Crippen molar-refractivity contribution >= 4 is 11.9 Å². The lowest BCUT2D eigenvalue weighted by molar-refractivity contribution is 0.317. The molecule has 0 aromatic heterocycles. The fourth-order valence-electron chi connectivity index (χ4n) is 1.64. The quantitative estimate of drug-likeness (QED) is 0.763. The van der Waals surface area contributed by atoms with E-state index in [1.54, 1.807) is 18.3 Å². The Morgan fingerprint density at radius 2 is 1.80 bits per heavy atom. The van der Waals surface area contributed by atoms with Crippen molar-refractivity contribution in [1.82, 2.24) is 0 Å². The highest BCUT2D eigenvalue weighted by molar-refractivity contribution is 5.82. The Morgan fingerprint density at radius 1 is 1.10 bits per heavy atom. The number of aliphatic imine (C=N–C) groups is 1. The van der Waals surface area contributed by atoms with Crippen molar-refractivity contribution in [3.63, 3.8) is 0 Å². The van der Waals surface area contributed by atoms with Crippen molar-refractivity contribution in [3.8, 4) is 11.8 Å². The van der Waals surface area contributed by atoms with Gasteiger partial charge in [0.1, 0.15) is 5.75 Å². The molecule has 0 aliphatic heterocycles. The minimum atomic E-state index is 0.652. The molecule has 0 amide bonds. The molecule has 2 aromatic carbocycles. The first kappa shape index (κ1) is 13.8. The van der Waals surface area contributed by atoms with Gasteiger partial charge >= 0.3 is 0 Å². The molecule has 0 saturated heterocycles. The average Bonchev–Trinajstić information content (AvgIpc) is 2.52. The van der Waals surface area contributed by atoms with E-state index in [1.807, 2.05) is 36.4 Å². The predicted octanol–water partition coefficient (Wildman–Crippen LogP) is 4.10. The van der Waals surface area contributed by atoms with Gasteiger partial charge in [0, 0.05) is 6.21 Å². The van der Waals surface area contributed by atoms with Crippen molar-refractivity contribution in [3.05, 3.63) is 59.7 Å². The Bertz CT molecular complexity index is 607. The van der Waals surface area contributed by atoms with E-state index >= 15 is 0 Å². The van der Waals surface area contributed by atoms with Crippen LogP contribution in [-0.2, 0) is 0 Å². The van der Waals surface area contributed by atoms with Crippen LogP contribution < -0.4 is 4.74 Å². The number of hydrogen-bond donors (Lipinski definition) is 0. The van der Waals surface area contributed by atoms with Crippen LogP contribution in [0, 0.1) is 11.3 Å². The van der Waals surface area contributed by atoms with Crippen molar-refractivity contribution in [2.45, 2.75) is 13.3 Å². The molecule has 2 rings (SSSR count). The first-order valence-electron chi connectivity index (χ1n) is 6.59. The van der Waals surface area contributed by atoms with Gasteiger partial charge in [-0.15, -0.1) is 0 Å². The zero-order valence-corrected chi connectivity index (χ0v) is 11.4. The molecule has 0 radical (unpaired) electrons.